The molecule has 60 heavy (non-hydrogen) atoms. The number of unbranched alkanes of at least 4 members (excludes halogenated alkanes) is 16. The molecule has 0 spiro atoms. The number of halogens is 2. The molecule has 10 heteroatoms. The predicted molar refractivity (Wildman–Crippen MR) is 269 cm³/mol. The van der Waals surface area contributed by atoms with Gasteiger partial charge >= 0.3 is 0 Å². The molecule has 2 unspecified atom stereocenters. The van der Waals surface area contributed by atoms with Gasteiger partial charge in [-0.15, -0.1) is 22.7 Å². The van der Waals surface area contributed by atoms with Crippen molar-refractivity contribution in [3.05, 3.63) is 44.0 Å². The second kappa shape index (κ2) is 25.2. The zero-order chi connectivity index (χ0) is 42.1. The van der Waals surface area contributed by atoms with E-state index in [-0.39, 0.29) is 0 Å². The lowest BCUT2D eigenvalue weighted by Gasteiger charge is -2.16. The van der Waals surface area contributed by atoms with Crippen molar-refractivity contribution in [3.63, 3.8) is 0 Å². The van der Waals surface area contributed by atoms with Crippen molar-refractivity contribution >= 4 is 87.4 Å². The highest BCUT2D eigenvalue weighted by molar-refractivity contribution is 9.11. The molecule has 0 aliphatic heterocycles. The summed E-state index contributed by atoms with van der Waals surface area (Å²) in [4.78, 5) is 6.51. The molecule has 2 atom stereocenters. The summed E-state index contributed by atoms with van der Waals surface area (Å²) in [5.41, 5.74) is 6.18. The van der Waals surface area contributed by atoms with Gasteiger partial charge in [0.2, 0.25) is 0 Å². The Balaban J connectivity index is 1.40. The molecule has 0 N–H and O–H groups in total. The van der Waals surface area contributed by atoms with Gasteiger partial charge in [0.15, 0.2) is 0 Å². The first-order valence-corrected chi connectivity index (χ1v) is 27.2. The van der Waals surface area contributed by atoms with Gasteiger partial charge in [0.25, 0.3) is 0 Å². The molecular weight excluding hydrogens is 909 g/mol. The summed E-state index contributed by atoms with van der Waals surface area (Å²) in [5, 5.41) is 23.9. The van der Waals surface area contributed by atoms with Crippen LogP contribution >= 0.6 is 54.5 Å². The highest BCUT2D eigenvalue weighted by atomic mass is 79.9. The molecule has 4 heterocycles. The summed E-state index contributed by atoms with van der Waals surface area (Å²) in [6.45, 7) is 11.0. The van der Waals surface area contributed by atoms with E-state index in [9.17, 15) is 0 Å². The van der Waals surface area contributed by atoms with Crippen molar-refractivity contribution in [1.82, 2.24) is 30.0 Å². The van der Waals surface area contributed by atoms with Crippen LogP contribution in [-0.4, -0.2) is 30.0 Å². The maximum absolute atomic E-state index is 5.44. The van der Waals surface area contributed by atoms with E-state index in [1.807, 2.05) is 0 Å². The Labute approximate surface area is 386 Å². The van der Waals surface area contributed by atoms with Gasteiger partial charge in [-0.05, 0) is 106 Å². The molecule has 0 bridgehead atoms. The minimum atomic E-state index is 0.581. The third kappa shape index (κ3) is 13.4. The Morgan fingerprint density at radius 3 is 1.08 bits per heavy atom. The minimum absolute atomic E-state index is 0.581. The zero-order valence-electron chi connectivity index (χ0n) is 37.3. The first-order chi connectivity index (χ1) is 29.4. The third-order valence-electron chi connectivity index (χ3n) is 12.6. The summed E-state index contributed by atoms with van der Waals surface area (Å²) < 4.78 is 2.24. The highest BCUT2D eigenvalue weighted by Gasteiger charge is 2.24. The van der Waals surface area contributed by atoms with E-state index in [4.69, 9.17) is 20.4 Å². The van der Waals surface area contributed by atoms with E-state index in [1.165, 1.54) is 164 Å². The van der Waals surface area contributed by atoms with Crippen molar-refractivity contribution in [3.8, 4) is 20.9 Å². The highest BCUT2D eigenvalue weighted by Crippen LogP contribution is 2.43. The van der Waals surface area contributed by atoms with Crippen molar-refractivity contribution in [2.75, 3.05) is 0 Å². The van der Waals surface area contributed by atoms with Gasteiger partial charge in [0.05, 0.1) is 20.7 Å². The summed E-state index contributed by atoms with van der Waals surface area (Å²) in [7, 11) is 0. The van der Waals surface area contributed by atoms with Crippen LogP contribution < -0.4 is 0 Å². The molecule has 6 rings (SSSR count). The van der Waals surface area contributed by atoms with E-state index in [0.717, 1.165) is 64.6 Å². The Morgan fingerprint density at radius 2 is 0.750 bits per heavy atom. The fourth-order valence-electron chi connectivity index (χ4n) is 9.11. The number of aromatic nitrogens is 6. The lowest BCUT2D eigenvalue weighted by molar-refractivity contribution is 0.327. The van der Waals surface area contributed by atoms with Crippen molar-refractivity contribution < 1.29 is 0 Å². The Bertz CT molecular complexity index is 2010. The van der Waals surface area contributed by atoms with Crippen LogP contribution in [0.15, 0.2) is 44.0 Å². The summed E-state index contributed by atoms with van der Waals surface area (Å²) >= 11 is 11.1. The molecule has 0 saturated carbocycles. The molecule has 4 aromatic heterocycles. The van der Waals surface area contributed by atoms with Gasteiger partial charge in [-0.1, -0.05) is 156 Å². The molecule has 0 fully saturated rings. The normalized spacial score (nSPS) is 13.1. The molecule has 0 radical (unpaired) electrons. The number of rotatable bonds is 30. The van der Waals surface area contributed by atoms with Crippen molar-refractivity contribution in [1.29, 1.82) is 0 Å². The largest absolute Gasteiger partial charge is 0.183 e. The predicted octanol–water partition coefficient (Wildman–Crippen LogP) is 18.0. The first kappa shape index (κ1) is 47.3. The van der Waals surface area contributed by atoms with E-state index in [0.29, 0.717) is 11.8 Å². The van der Waals surface area contributed by atoms with E-state index in [1.54, 1.807) is 22.7 Å². The molecule has 2 aromatic carbocycles. The van der Waals surface area contributed by atoms with Crippen molar-refractivity contribution in [2.45, 2.75) is 195 Å². The van der Waals surface area contributed by atoms with Crippen LogP contribution in [0.4, 0.5) is 0 Å². The van der Waals surface area contributed by atoms with Gasteiger partial charge in [0.1, 0.15) is 22.1 Å². The molecule has 0 aliphatic rings. The Hall–Kier alpha value is -2.14. The Kier molecular flexibility index (Phi) is 19.9. The fourth-order valence-corrected chi connectivity index (χ4v) is 11.9. The second-order valence-corrected chi connectivity index (χ2v) is 22.5. The van der Waals surface area contributed by atoms with Gasteiger partial charge in [0, 0.05) is 31.7 Å². The molecule has 6 aromatic rings. The van der Waals surface area contributed by atoms with Gasteiger partial charge in [-0.3, -0.25) is 0 Å². The average molecular weight is 981 g/mol. The number of fused-ring (bicyclic) bond motifs is 5. The number of thiophene rings is 2. The van der Waals surface area contributed by atoms with Crippen LogP contribution in [0.3, 0.4) is 0 Å². The van der Waals surface area contributed by atoms with Crippen LogP contribution in [0.1, 0.15) is 182 Å². The van der Waals surface area contributed by atoms with Gasteiger partial charge in [-0.2, -0.15) is 30.0 Å². The number of hydrogen-bond acceptors (Lipinski definition) is 6. The zero-order valence-corrected chi connectivity index (χ0v) is 42.1. The summed E-state index contributed by atoms with van der Waals surface area (Å²) in [6, 6.07) is 13.5. The second-order valence-electron chi connectivity index (χ2n) is 17.6. The van der Waals surface area contributed by atoms with Crippen LogP contribution in [0.25, 0.3) is 53.7 Å². The fraction of sp³-hybridized carbons (Fsp3) is 0.640. The third-order valence-corrected chi connectivity index (χ3v) is 15.9. The van der Waals surface area contributed by atoms with Crippen LogP contribution in [0.5, 0.6) is 0 Å². The lowest BCUT2D eigenvalue weighted by atomic mass is 9.94. The monoisotopic (exact) mass is 978 g/mol. The van der Waals surface area contributed by atoms with E-state index < -0.39 is 0 Å². The SMILES string of the molecule is CCCCCCCCC(CCCCCC)Cn1nc2c(-c3ccc(Br)s3)cc3c(cc(-c4ccc(Br)s4)c4nn(CC(CCCCCC)CCCCCCCC)nc43)c2n1. The first-order valence-electron chi connectivity index (χ1n) is 24.0. The minimum Gasteiger partial charge on any atom is -0.183 e. The Morgan fingerprint density at radius 1 is 0.433 bits per heavy atom. The quantitative estimate of drug-likeness (QED) is 0.0422. The lowest BCUT2D eigenvalue weighted by Crippen LogP contribution is -2.13. The van der Waals surface area contributed by atoms with E-state index in [2.05, 4.69) is 106 Å². The molecule has 328 valence electrons. The maximum atomic E-state index is 5.44. The molecular formula is C50H72Br2N6S2. The van der Waals surface area contributed by atoms with Crippen LogP contribution in [0, 0.1) is 11.8 Å². The van der Waals surface area contributed by atoms with Crippen LogP contribution in [0.2, 0.25) is 0 Å². The number of hydrogen-bond donors (Lipinski definition) is 0. The average Bonchev–Trinajstić information content (AvgIpc) is 4.07. The van der Waals surface area contributed by atoms with Crippen LogP contribution in [-0.2, 0) is 13.1 Å². The smallest absolute Gasteiger partial charge is 0.122 e. The topological polar surface area (TPSA) is 61.4 Å². The van der Waals surface area contributed by atoms with Crippen molar-refractivity contribution in [2.24, 2.45) is 11.8 Å². The number of benzene rings is 2. The van der Waals surface area contributed by atoms with Gasteiger partial charge < -0.3 is 0 Å². The van der Waals surface area contributed by atoms with Gasteiger partial charge in [-0.25, -0.2) is 0 Å². The molecule has 0 amide bonds. The molecule has 6 nitrogen and oxygen atoms in total. The summed E-state index contributed by atoms with van der Waals surface area (Å²) in [5.74, 6) is 1.16. The maximum Gasteiger partial charge on any atom is 0.122 e. The molecule has 0 aliphatic carbocycles. The molecule has 0 saturated heterocycles. The number of nitrogens with zero attached hydrogens (tertiary/aromatic N) is 6. The van der Waals surface area contributed by atoms with E-state index >= 15 is 0 Å². The standard InChI is InChI=1S/C50H72Br2N6S2/c1-5-9-13-17-19-23-27-37(25-21-15-11-7-3)35-57-53-47-39-33-42(44-30-32-46(52)60-44)50-48(40(39)34-41(49(47)55-57)43-29-31-45(51)59-43)54-58(56-50)36-38(26-22-16-12-8-4)28-24-20-18-14-10-6-2/h29-34,37-38H,5-28,35-36H2,1-4H3. The summed E-state index contributed by atoms with van der Waals surface area (Å²) in [6.07, 6.45) is 31.4.